The first-order valence-corrected chi connectivity index (χ1v) is 12.5. The molecule has 2 aromatic carbocycles. The molecule has 0 radical (unpaired) electrons. The first-order valence-electron chi connectivity index (χ1n) is 12.5. The SMILES string of the molecule is CCCOc1cccc(/C(O)=C2\C(=O)C(=O)N(CCCn3ccnc3)C2c2ccc(C(C)C)cc2)c1. The number of amides is 1. The zero-order valence-electron chi connectivity index (χ0n) is 21.1. The fourth-order valence-electron chi connectivity index (χ4n) is 4.47. The molecule has 1 amide bonds. The Balaban J connectivity index is 1.72. The van der Waals surface area contributed by atoms with Gasteiger partial charge in [0, 0.05) is 31.0 Å². The molecule has 0 spiro atoms. The number of imidazole rings is 1. The van der Waals surface area contributed by atoms with Crippen molar-refractivity contribution in [3.63, 3.8) is 0 Å². The normalized spacial score (nSPS) is 17.2. The fraction of sp³-hybridized carbons (Fsp3) is 0.345. The number of aliphatic hydroxyl groups is 1. The number of ketones is 1. The number of benzene rings is 2. The van der Waals surface area contributed by atoms with Crippen molar-refractivity contribution < 1.29 is 19.4 Å². The number of likely N-dealkylation sites (tertiary alicyclic amines) is 1. The van der Waals surface area contributed by atoms with Gasteiger partial charge in [0.2, 0.25) is 0 Å². The first kappa shape index (κ1) is 25.2. The van der Waals surface area contributed by atoms with Gasteiger partial charge in [-0.2, -0.15) is 0 Å². The standard InChI is InChI=1S/C29H33N3O4/c1-4-17-36-24-8-5-7-23(18-24)27(33)25-26(22-11-9-21(10-12-22)20(2)3)32(29(35)28(25)34)15-6-14-31-16-13-30-19-31/h5,7-13,16,18-20,26,33H,4,6,14-15,17H2,1-3H3/b27-25+. The summed E-state index contributed by atoms with van der Waals surface area (Å²) in [5, 5.41) is 11.3. The van der Waals surface area contributed by atoms with E-state index in [0.29, 0.717) is 43.3 Å². The lowest BCUT2D eigenvalue weighted by Crippen LogP contribution is -2.31. The Labute approximate surface area is 212 Å². The number of hydrogen-bond donors (Lipinski definition) is 1. The van der Waals surface area contributed by atoms with Gasteiger partial charge in [0.05, 0.1) is 24.5 Å². The highest BCUT2D eigenvalue weighted by atomic mass is 16.5. The predicted octanol–water partition coefficient (Wildman–Crippen LogP) is 5.31. The number of rotatable bonds is 10. The number of carbonyl (C=O) groups excluding carboxylic acids is 2. The van der Waals surface area contributed by atoms with Crippen molar-refractivity contribution >= 4 is 17.4 Å². The van der Waals surface area contributed by atoms with Crippen LogP contribution in [0.3, 0.4) is 0 Å². The van der Waals surface area contributed by atoms with E-state index >= 15 is 0 Å². The molecule has 1 fully saturated rings. The van der Waals surface area contributed by atoms with Crippen LogP contribution in [-0.4, -0.2) is 44.4 Å². The highest BCUT2D eigenvalue weighted by Gasteiger charge is 2.45. The monoisotopic (exact) mass is 487 g/mol. The van der Waals surface area contributed by atoms with Crippen LogP contribution in [0.4, 0.5) is 0 Å². The number of Topliss-reactive ketones (excluding diaryl/α,β-unsaturated/α-hetero) is 1. The van der Waals surface area contributed by atoms with Crippen molar-refractivity contribution in [3.8, 4) is 5.75 Å². The Morgan fingerprint density at radius 2 is 1.89 bits per heavy atom. The van der Waals surface area contributed by atoms with Crippen molar-refractivity contribution in [3.05, 3.63) is 89.5 Å². The van der Waals surface area contributed by atoms with Crippen LogP contribution in [0, 0.1) is 0 Å². The summed E-state index contributed by atoms with van der Waals surface area (Å²) in [6.07, 6.45) is 6.80. The van der Waals surface area contributed by atoms with E-state index in [1.54, 1.807) is 35.6 Å². The molecular formula is C29H33N3O4. The molecule has 36 heavy (non-hydrogen) atoms. The van der Waals surface area contributed by atoms with E-state index in [9.17, 15) is 14.7 Å². The highest BCUT2D eigenvalue weighted by Crippen LogP contribution is 2.40. The van der Waals surface area contributed by atoms with Crippen LogP contribution in [-0.2, 0) is 16.1 Å². The molecule has 1 aliphatic heterocycles. The van der Waals surface area contributed by atoms with E-state index < -0.39 is 17.7 Å². The van der Waals surface area contributed by atoms with Crippen molar-refractivity contribution in [1.29, 1.82) is 0 Å². The van der Waals surface area contributed by atoms with Gasteiger partial charge in [0.15, 0.2) is 0 Å². The maximum Gasteiger partial charge on any atom is 0.295 e. The minimum Gasteiger partial charge on any atom is -0.507 e. The van der Waals surface area contributed by atoms with Crippen LogP contribution in [0.5, 0.6) is 5.75 Å². The molecule has 1 N–H and O–H groups in total. The summed E-state index contributed by atoms with van der Waals surface area (Å²) in [6.45, 7) is 7.83. The molecule has 1 atom stereocenters. The minimum absolute atomic E-state index is 0.104. The van der Waals surface area contributed by atoms with Crippen LogP contribution < -0.4 is 4.74 Å². The second kappa shape index (κ2) is 11.2. The van der Waals surface area contributed by atoms with Crippen molar-refractivity contribution in [2.45, 2.75) is 52.1 Å². The fourth-order valence-corrected chi connectivity index (χ4v) is 4.47. The molecule has 7 heteroatoms. The molecule has 3 aromatic rings. The summed E-state index contributed by atoms with van der Waals surface area (Å²) in [5.74, 6) is -0.503. The van der Waals surface area contributed by atoms with E-state index in [1.165, 1.54) is 0 Å². The molecule has 2 heterocycles. The summed E-state index contributed by atoms with van der Waals surface area (Å²) < 4.78 is 7.65. The molecule has 1 aromatic heterocycles. The third kappa shape index (κ3) is 5.35. The number of aryl methyl sites for hydroxylation is 1. The van der Waals surface area contributed by atoms with Crippen LogP contribution in [0.1, 0.15) is 62.3 Å². The molecule has 7 nitrogen and oxygen atoms in total. The lowest BCUT2D eigenvalue weighted by Gasteiger charge is -2.26. The van der Waals surface area contributed by atoms with Crippen molar-refractivity contribution in [1.82, 2.24) is 14.5 Å². The Morgan fingerprint density at radius 3 is 2.56 bits per heavy atom. The van der Waals surface area contributed by atoms with Gasteiger partial charge >= 0.3 is 0 Å². The Morgan fingerprint density at radius 1 is 1.11 bits per heavy atom. The molecule has 1 saturated heterocycles. The Bertz CT molecular complexity index is 1230. The average Bonchev–Trinajstić information content (AvgIpc) is 3.49. The van der Waals surface area contributed by atoms with Crippen LogP contribution in [0.25, 0.3) is 5.76 Å². The summed E-state index contributed by atoms with van der Waals surface area (Å²) in [6, 6.07) is 14.3. The molecule has 1 unspecified atom stereocenters. The molecule has 0 aliphatic carbocycles. The van der Waals surface area contributed by atoms with Gasteiger partial charge in [-0.1, -0.05) is 57.2 Å². The summed E-state index contributed by atoms with van der Waals surface area (Å²) >= 11 is 0. The van der Waals surface area contributed by atoms with E-state index in [0.717, 1.165) is 17.5 Å². The molecule has 0 saturated carbocycles. The van der Waals surface area contributed by atoms with E-state index in [1.807, 2.05) is 48.0 Å². The summed E-state index contributed by atoms with van der Waals surface area (Å²) in [4.78, 5) is 32.1. The largest absolute Gasteiger partial charge is 0.507 e. The number of aliphatic hydroxyl groups excluding tert-OH is 1. The zero-order valence-corrected chi connectivity index (χ0v) is 21.1. The van der Waals surface area contributed by atoms with Crippen LogP contribution in [0.15, 0.2) is 72.8 Å². The number of hydrogen-bond acceptors (Lipinski definition) is 5. The number of ether oxygens (including phenoxy) is 1. The van der Waals surface area contributed by atoms with Gasteiger partial charge in [-0.15, -0.1) is 0 Å². The first-order chi connectivity index (χ1) is 17.4. The van der Waals surface area contributed by atoms with Gasteiger partial charge in [-0.05, 0) is 42.0 Å². The van der Waals surface area contributed by atoms with Gasteiger partial charge < -0.3 is 19.3 Å². The average molecular weight is 488 g/mol. The van der Waals surface area contributed by atoms with Gasteiger partial charge in [-0.3, -0.25) is 9.59 Å². The lowest BCUT2D eigenvalue weighted by atomic mass is 9.93. The molecular weight excluding hydrogens is 454 g/mol. The van der Waals surface area contributed by atoms with Gasteiger partial charge in [-0.25, -0.2) is 4.98 Å². The minimum atomic E-state index is -0.673. The second-order valence-electron chi connectivity index (χ2n) is 9.34. The van der Waals surface area contributed by atoms with Gasteiger partial charge in [0.25, 0.3) is 11.7 Å². The van der Waals surface area contributed by atoms with Crippen molar-refractivity contribution in [2.24, 2.45) is 0 Å². The summed E-state index contributed by atoms with van der Waals surface area (Å²) in [7, 11) is 0. The van der Waals surface area contributed by atoms with Gasteiger partial charge in [0.1, 0.15) is 11.5 Å². The van der Waals surface area contributed by atoms with Crippen LogP contribution >= 0.6 is 0 Å². The molecule has 4 rings (SSSR count). The Kier molecular flexibility index (Phi) is 7.88. The quantitative estimate of drug-likeness (QED) is 0.238. The number of nitrogens with zero attached hydrogens (tertiary/aromatic N) is 3. The molecule has 1 aliphatic rings. The molecule has 188 valence electrons. The smallest absolute Gasteiger partial charge is 0.295 e. The molecule has 0 bridgehead atoms. The number of aromatic nitrogens is 2. The topological polar surface area (TPSA) is 84.7 Å². The Hall–Kier alpha value is -3.87. The van der Waals surface area contributed by atoms with Crippen LogP contribution in [0.2, 0.25) is 0 Å². The maximum absolute atomic E-state index is 13.3. The third-order valence-corrected chi connectivity index (χ3v) is 6.41. The van der Waals surface area contributed by atoms with Crippen molar-refractivity contribution in [2.75, 3.05) is 13.2 Å². The number of carbonyl (C=O) groups is 2. The van der Waals surface area contributed by atoms with E-state index in [-0.39, 0.29) is 11.3 Å². The third-order valence-electron chi connectivity index (χ3n) is 6.41. The van der Waals surface area contributed by atoms with E-state index in [4.69, 9.17) is 4.74 Å². The second-order valence-corrected chi connectivity index (χ2v) is 9.34. The maximum atomic E-state index is 13.3. The lowest BCUT2D eigenvalue weighted by molar-refractivity contribution is -0.139. The zero-order chi connectivity index (χ0) is 25.7. The highest BCUT2D eigenvalue weighted by molar-refractivity contribution is 6.46. The predicted molar refractivity (Wildman–Crippen MR) is 139 cm³/mol. The summed E-state index contributed by atoms with van der Waals surface area (Å²) in [5.41, 5.74) is 2.51. The van der Waals surface area contributed by atoms with E-state index in [2.05, 4.69) is 18.8 Å².